The van der Waals surface area contributed by atoms with Crippen LogP contribution in [0.1, 0.15) is 24.8 Å². The number of nitro benzene ring substituents is 1. The molecule has 1 amide bonds. The van der Waals surface area contributed by atoms with Gasteiger partial charge in [-0.15, -0.1) is 24.0 Å². The Morgan fingerprint density at radius 3 is 2.47 bits per heavy atom. The predicted octanol–water partition coefficient (Wildman–Crippen LogP) is 1.59. The highest BCUT2D eigenvalue weighted by Crippen LogP contribution is 2.12. The molecular weight excluding hydrogens is 527 g/mol. The summed E-state index contributed by atoms with van der Waals surface area (Å²) >= 11 is 0. The molecule has 0 radical (unpaired) electrons. The van der Waals surface area contributed by atoms with Gasteiger partial charge in [-0.3, -0.25) is 19.8 Å². The molecule has 2 saturated heterocycles. The number of hydrogen-bond donors (Lipinski definition) is 2. The van der Waals surface area contributed by atoms with E-state index in [2.05, 4.69) is 20.5 Å². The molecule has 3 rings (SSSR count). The Kier molecular flexibility index (Phi) is 11.7. The third kappa shape index (κ3) is 8.87. The van der Waals surface area contributed by atoms with Crippen molar-refractivity contribution in [3.8, 4) is 0 Å². The molecule has 178 valence electrons. The van der Waals surface area contributed by atoms with Gasteiger partial charge in [0.05, 0.1) is 24.7 Å². The number of aliphatic imine (C=N–C) groups is 1. The monoisotopic (exact) mass is 560 g/mol. The number of hydrogen-bond acceptors (Lipinski definition) is 6. The zero-order chi connectivity index (χ0) is 21.9. The van der Waals surface area contributed by atoms with Crippen molar-refractivity contribution in [3.63, 3.8) is 0 Å². The van der Waals surface area contributed by atoms with Crippen LogP contribution in [0.25, 0.3) is 0 Å². The maximum atomic E-state index is 11.7. The summed E-state index contributed by atoms with van der Waals surface area (Å²) in [5, 5.41) is 17.5. The standard InChI is InChI=1S/C21H32N6O4.HI/c28-20-3-1-10-26(20)11-2-8-22-21(23-9-12-25-13-15-31-16-14-25)24-17-18-4-6-19(7-5-18)27(29)30;/h4-7H,1-3,8-17H2,(H2,22,23,24);1H. The van der Waals surface area contributed by atoms with E-state index in [9.17, 15) is 14.9 Å². The average molecular weight is 560 g/mol. The smallest absolute Gasteiger partial charge is 0.269 e. The van der Waals surface area contributed by atoms with Crippen LogP contribution in [-0.2, 0) is 16.1 Å². The summed E-state index contributed by atoms with van der Waals surface area (Å²) in [6.07, 6.45) is 2.48. The number of rotatable bonds is 10. The Hall–Kier alpha value is -1.99. The first-order valence-electron chi connectivity index (χ1n) is 11.0. The number of nitrogens with one attached hydrogen (secondary N) is 2. The Labute approximate surface area is 205 Å². The number of morpholine rings is 1. The van der Waals surface area contributed by atoms with E-state index in [1.165, 1.54) is 12.1 Å². The number of likely N-dealkylation sites (tertiary alicyclic amines) is 1. The predicted molar refractivity (Wildman–Crippen MR) is 133 cm³/mol. The Morgan fingerprint density at radius 2 is 1.81 bits per heavy atom. The minimum absolute atomic E-state index is 0. The van der Waals surface area contributed by atoms with Crippen molar-refractivity contribution in [2.24, 2.45) is 4.99 Å². The van der Waals surface area contributed by atoms with E-state index >= 15 is 0 Å². The summed E-state index contributed by atoms with van der Waals surface area (Å²) in [5.41, 5.74) is 0.980. The third-order valence-electron chi connectivity index (χ3n) is 5.46. The number of guanidine groups is 1. The summed E-state index contributed by atoms with van der Waals surface area (Å²) in [5.74, 6) is 0.954. The summed E-state index contributed by atoms with van der Waals surface area (Å²) in [7, 11) is 0. The number of nitrogens with zero attached hydrogens (tertiary/aromatic N) is 4. The average Bonchev–Trinajstić information content (AvgIpc) is 3.20. The normalized spacial score (nSPS) is 17.2. The van der Waals surface area contributed by atoms with Crippen molar-refractivity contribution in [3.05, 3.63) is 39.9 Å². The quantitative estimate of drug-likeness (QED) is 0.112. The highest BCUT2D eigenvalue weighted by Gasteiger charge is 2.19. The van der Waals surface area contributed by atoms with Crippen molar-refractivity contribution in [1.82, 2.24) is 20.4 Å². The number of nitro groups is 1. The van der Waals surface area contributed by atoms with Crippen LogP contribution in [0.2, 0.25) is 0 Å². The second-order valence-corrected chi connectivity index (χ2v) is 7.73. The molecule has 32 heavy (non-hydrogen) atoms. The molecule has 2 heterocycles. The summed E-state index contributed by atoms with van der Waals surface area (Å²) in [4.78, 5) is 31.0. The van der Waals surface area contributed by atoms with Crippen LogP contribution in [0.4, 0.5) is 5.69 Å². The van der Waals surface area contributed by atoms with Gasteiger partial charge >= 0.3 is 0 Å². The van der Waals surface area contributed by atoms with E-state index < -0.39 is 4.92 Å². The van der Waals surface area contributed by atoms with Crippen molar-refractivity contribution < 1.29 is 14.5 Å². The molecule has 1 aromatic rings. The highest BCUT2D eigenvalue weighted by molar-refractivity contribution is 14.0. The largest absolute Gasteiger partial charge is 0.379 e. The molecule has 0 atom stereocenters. The van der Waals surface area contributed by atoms with Crippen molar-refractivity contribution in [2.75, 3.05) is 59.0 Å². The second-order valence-electron chi connectivity index (χ2n) is 7.73. The van der Waals surface area contributed by atoms with E-state index in [4.69, 9.17) is 4.74 Å². The third-order valence-corrected chi connectivity index (χ3v) is 5.46. The highest BCUT2D eigenvalue weighted by atomic mass is 127. The number of halogens is 1. The van der Waals surface area contributed by atoms with Gasteiger partial charge < -0.3 is 20.3 Å². The van der Waals surface area contributed by atoms with E-state index in [1.807, 2.05) is 4.90 Å². The first kappa shape index (κ1) is 26.3. The number of carbonyl (C=O) groups is 1. The van der Waals surface area contributed by atoms with Crippen LogP contribution < -0.4 is 10.6 Å². The van der Waals surface area contributed by atoms with Crippen molar-refractivity contribution in [2.45, 2.75) is 25.8 Å². The molecule has 2 fully saturated rings. The molecule has 10 nitrogen and oxygen atoms in total. The lowest BCUT2D eigenvalue weighted by molar-refractivity contribution is -0.384. The number of ether oxygens (including phenoxy) is 1. The number of amides is 1. The SMILES string of the molecule is I.O=C1CCCN1CCCNC(=NCc1ccc([N+](=O)[O-])cc1)NCCN1CCOCC1. The van der Waals surface area contributed by atoms with Crippen LogP contribution in [0, 0.1) is 10.1 Å². The lowest BCUT2D eigenvalue weighted by Gasteiger charge is -2.26. The fourth-order valence-electron chi connectivity index (χ4n) is 3.64. The van der Waals surface area contributed by atoms with Crippen LogP contribution in [0.15, 0.2) is 29.3 Å². The molecular formula is C21H33IN6O4. The summed E-state index contributed by atoms with van der Waals surface area (Å²) in [6.45, 7) is 7.85. The topological polar surface area (TPSA) is 112 Å². The van der Waals surface area contributed by atoms with Crippen LogP contribution in [0.5, 0.6) is 0 Å². The molecule has 0 aromatic heterocycles. The fourth-order valence-corrected chi connectivity index (χ4v) is 3.64. The Morgan fingerprint density at radius 1 is 1.09 bits per heavy atom. The van der Waals surface area contributed by atoms with Crippen LogP contribution in [0.3, 0.4) is 0 Å². The first-order valence-corrected chi connectivity index (χ1v) is 11.0. The molecule has 0 unspecified atom stereocenters. The lowest BCUT2D eigenvalue weighted by atomic mass is 10.2. The molecule has 0 spiro atoms. The van der Waals surface area contributed by atoms with E-state index in [-0.39, 0.29) is 35.6 Å². The van der Waals surface area contributed by atoms with Crippen molar-refractivity contribution in [1.29, 1.82) is 0 Å². The van der Waals surface area contributed by atoms with Gasteiger partial charge in [-0.25, -0.2) is 4.99 Å². The fraction of sp³-hybridized carbons (Fsp3) is 0.619. The molecule has 0 saturated carbocycles. The second kappa shape index (κ2) is 14.2. The number of non-ortho nitro benzene ring substituents is 1. The van der Waals surface area contributed by atoms with Gasteiger partial charge in [0.2, 0.25) is 5.91 Å². The Balaban J connectivity index is 0.00000363. The first-order chi connectivity index (χ1) is 15.1. The van der Waals surface area contributed by atoms with Gasteiger partial charge in [-0.2, -0.15) is 0 Å². The molecule has 2 N–H and O–H groups in total. The van der Waals surface area contributed by atoms with Crippen molar-refractivity contribution >= 4 is 41.5 Å². The van der Waals surface area contributed by atoms with E-state index in [0.29, 0.717) is 25.5 Å². The van der Waals surface area contributed by atoms with Crippen LogP contribution >= 0.6 is 24.0 Å². The Bertz CT molecular complexity index is 755. The van der Waals surface area contributed by atoms with Gasteiger partial charge in [0.15, 0.2) is 5.96 Å². The van der Waals surface area contributed by atoms with Gasteiger partial charge in [0.25, 0.3) is 5.69 Å². The molecule has 1 aromatic carbocycles. The number of benzene rings is 1. The zero-order valence-corrected chi connectivity index (χ0v) is 20.7. The summed E-state index contributed by atoms with van der Waals surface area (Å²) in [6, 6.07) is 6.45. The molecule has 0 bridgehead atoms. The van der Waals surface area contributed by atoms with Gasteiger partial charge in [-0.05, 0) is 18.4 Å². The maximum absolute atomic E-state index is 11.7. The van der Waals surface area contributed by atoms with Gasteiger partial charge in [0.1, 0.15) is 0 Å². The zero-order valence-electron chi connectivity index (χ0n) is 18.3. The molecule has 2 aliphatic heterocycles. The minimum Gasteiger partial charge on any atom is -0.379 e. The van der Waals surface area contributed by atoms with Gasteiger partial charge in [-0.1, -0.05) is 12.1 Å². The maximum Gasteiger partial charge on any atom is 0.269 e. The minimum atomic E-state index is -0.404. The van der Waals surface area contributed by atoms with Crippen LogP contribution in [-0.4, -0.2) is 85.6 Å². The molecule has 2 aliphatic rings. The van der Waals surface area contributed by atoms with E-state index in [0.717, 1.165) is 70.9 Å². The summed E-state index contributed by atoms with van der Waals surface area (Å²) < 4.78 is 5.38. The number of carbonyl (C=O) groups excluding carboxylic acids is 1. The van der Waals surface area contributed by atoms with Gasteiger partial charge in [0, 0.05) is 64.4 Å². The molecule has 0 aliphatic carbocycles. The van der Waals surface area contributed by atoms with E-state index in [1.54, 1.807) is 12.1 Å². The molecule has 11 heteroatoms. The lowest BCUT2D eigenvalue weighted by Crippen LogP contribution is -2.45.